The summed E-state index contributed by atoms with van der Waals surface area (Å²) in [4.78, 5) is 0. The van der Waals surface area contributed by atoms with Gasteiger partial charge in [-0.15, -0.1) is 0 Å². The Morgan fingerprint density at radius 1 is 1.58 bits per heavy atom. The van der Waals surface area contributed by atoms with Crippen molar-refractivity contribution in [1.82, 2.24) is 9.78 Å². The largest absolute Gasteiger partial charge is 0.268 e. The summed E-state index contributed by atoms with van der Waals surface area (Å²) >= 11 is 5.98. The van der Waals surface area contributed by atoms with Gasteiger partial charge < -0.3 is 0 Å². The van der Waals surface area contributed by atoms with E-state index in [1.54, 1.807) is 0 Å². The number of halogens is 1. The third-order valence-electron chi connectivity index (χ3n) is 2.26. The highest BCUT2D eigenvalue weighted by Crippen LogP contribution is 2.36. The second-order valence-electron chi connectivity index (χ2n) is 3.74. The standard InChI is InChI=1S/C9H13ClN2/c1-6(2)8-5-12(7-3-4-7)11-9(8)10/h5-7H,3-4H2,1-2H3. The summed E-state index contributed by atoms with van der Waals surface area (Å²) in [5.74, 6) is 0.477. The fourth-order valence-corrected chi connectivity index (χ4v) is 1.65. The summed E-state index contributed by atoms with van der Waals surface area (Å²) in [5, 5.41) is 4.95. The third kappa shape index (κ3) is 1.36. The van der Waals surface area contributed by atoms with E-state index in [0.29, 0.717) is 17.1 Å². The molecule has 2 nitrogen and oxygen atoms in total. The fraction of sp³-hybridized carbons (Fsp3) is 0.667. The average Bonchev–Trinajstić information content (AvgIpc) is 2.75. The minimum absolute atomic E-state index is 0.477. The van der Waals surface area contributed by atoms with Crippen LogP contribution in [0.15, 0.2) is 6.20 Å². The van der Waals surface area contributed by atoms with Crippen molar-refractivity contribution in [2.24, 2.45) is 0 Å². The first-order valence-corrected chi connectivity index (χ1v) is 4.81. The van der Waals surface area contributed by atoms with E-state index in [2.05, 4.69) is 25.1 Å². The first-order chi connectivity index (χ1) is 5.68. The third-order valence-corrected chi connectivity index (χ3v) is 2.55. The van der Waals surface area contributed by atoms with Crippen molar-refractivity contribution >= 4 is 11.6 Å². The monoisotopic (exact) mass is 184 g/mol. The van der Waals surface area contributed by atoms with Crippen LogP contribution in [-0.4, -0.2) is 9.78 Å². The molecule has 0 unspecified atom stereocenters. The summed E-state index contributed by atoms with van der Waals surface area (Å²) in [6.07, 6.45) is 4.61. The Bertz CT molecular complexity index is 287. The van der Waals surface area contributed by atoms with E-state index in [1.165, 1.54) is 18.4 Å². The molecule has 0 radical (unpaired) electrons. The zero-order chi connectivity index (χ0) is 8.72. The molecule has 0 amide bonds. The molecule has 0 aromatic carbocycles. The van der Waals surface area contributed by atoms with Gasteiger partial charge in [0, 0.05) is 11.8 Å². The van der Waals surface area contributed by atoms with Gasteiger partial charge in [-0.2, -0.15) is 5.10 Å². The van der Waals surface area contributed by atoms with Crippen LogP contribution < -0.4 is 0 Å². The summed E-state index contributed by atoms with van der Waals surface area (Å²) in [6, 6.07) is 0.634. The van der Waals surface area contributed by atoms with Gasteiger partial charge in [0.05, 0.1) is 6.04 Å². The van der Waals surface area contributed by atoms with Gasteiger partial charge in [-0.3, -0.25) is 4.68 Å². The molecule has 1 aliphatic rings. The van der Waals surface area contributed by atoms with E-state index in [0.717, 1.165) is 0 Å². The van der Waals surface area contributed by atoms with Gasteiger partial charge in [0.15, 0.2) is 5.15 Å². The van der Waals surface area contributed by atoms with Crippen molar-refractivity contribution in [3.63, 3.8) is 0 Å². The molecule has 1 aromatic rings. The minimum atomic E-state index is 0.477. The molecule has 0 bridgehead atoms. The molecule has 0 saturated heterocycles. The van der Waals surface area contributed by atoms with Gasteiger partial charge in [0.2, 0.25) is 0 Å². The van der Waals surface area contributed by atoms with Crippen molar-refractivity contribution in [2.75, 3.05) is 0 Å². The Morgan fingerprint density at radius 2 is 2.25 bits per heavy atom. The zero-order valence-electron chi connectivity index (χ0n) is 7.42. The molecule has 0 N–H and O–H groups in total. The van der Waals surface area contributed by atoms with E-state index >= 15 is 0 Å². The van der Waals surface area contributed by atoms with Crippen molar-refractivity contribution in [2.45, 2.75) is 38.6 Å². The topological polar surface area (TPSA) is 17.8 Å². The van der Waals surface area contributed by atoms with Crippen LogP contribution in [0.1, 0.15) is 44.2 Å². The van der Waals surface area contributed by atoms with Gasteiger partial charge in [-0.05, 0) is 18.8 Å². The second kappa shape index (κ2) is 2.77. The predicted octanol–water partition coefficient (Wildman–Crippen LogP) is 2.99. The second-order valence-corrected chi connectivity index (χ2v) is 4.10. The molecule has 66 valence electrons. The Hall–Kier alpha value is -0.500. The lowest BCUT2D eigenvalue weighted by Crippen LogP contribution is -1.92. The molecule has 1 saturated carbocycles. The first kappa shape index (κ1) is 8.11. The lowest BCUT2D eigenvalue weighted by atomic mass is 10.1. The molecule has 0 atom stereocenters. The van der Waals surface area contributed by atoms with Gasteiger partial charge >= 0.3 is 0 Å². The van der Waals surface area contributed by atoms with Gasteiger partial charge in [-0.25, -0.2) is 0 Å². The molecule has 1 fully saturated rings. The Balaban J connectivity index is 2.30. The first-order valence-electron chi connectivity index (χ1n) is 4.43. The molecule has 0 spiro atoms. The van der Waals surface area contributed by atoms with Crippen LogP contribution in [0.3, 0.4) is 0 Å². The SMILES string of the molecule is CC(C)c1cn(C2CC2)nc1Cl. The number of rotatable bonds is 2. The Morgan fingerprint density at radius 3 is 2.67 bits per heavy atom. The summed E-state index contributed by atoms with van der Waals surface area (Å²) in [5.41, 5.74) is 1.17. The van der Waals surface area contributed by atoms with Crippen LogP contribution in [0.25, 0.3) is 0 Å². The van der Waals surface area contributed by atoms with Crippen LogP contribution in [0.2, 0.25) is 5.15 Å². The van der Waals surface area contributed by atoms with Crippen LogP contribution in [0.4, 0.5) is 0 Å². The predicted molar refractivity (Wildman–Crippen MR) is 49.6 cm³/mol. The number of nitrogens with zero attached hydrogens (tertiary/aromatic N) is 2. The van der Waals surface area contributed by atoms with E-state index in [1.807, 2.05) is 4.68 Å². The number of hydrogen-bond acceptors (Lipinski definition) is 1. The van der Waals surface area contributed by atoms with Gasteiger partial charge in [0.25, 0.3) is 0 Å². The molecule has 0 aliphatic heterocycles. The smallest absolute Gasteiger partial charge is 0.154 e. The quantitative estimate of drug-likeness (QED) is 0.691. The minimum Gasteiger partial charge on any atom is -0.268 e. The number of aromatic nitrogens is 2. The summed E-state index contributed by atoms with van der Waals surface area (Å²) < 4.78 is 2.01. The Kier molecular flexibility index (Phi) is 1.87. The maximum Gasteiger partial charge on any atom is 0.154 e. The molecule has 1 heterocycles. The highest BCUT2D eigenvalue weighted by molar-refractivity contribution is 6.30. The summed E-state index contributed by atoms with van der Waals surface area (Å²) in [7, 11) is 0. The molecule has 1 aliphatic carbocycles. The molecule has 3 heteroatoms. The van der Waals surface area contributed by atoms with Gasteiger partial charge in [0.1, 0.15) is 0 Å². The van der Waals surface area contributed by atoms with Crippen LogP contribution >= 0.6 is 11.6 Å². The van der Waals surface area contributed by atoms with Crippen molar-refractivity contribution in [3.05, 3.63) is 16.9 Å². The molecule has 1 aromatic heterocycles. The lowest BCUT2D eigenvalue weighted by molar-refractivity contribution is 0.640. The molecular weight excluding hydrogens is 172 g/mol. The van der Waals surface area contributed by atoms with E-state index in [4.69, 9.17) is 11.6 Å². The lowest BCUT2D eigenvalue weighted by Gasteiger charge is -1.98. The van der Waals surface area contributed by atoms with Crippen LogP contribution in [0, 0.1) is 0 Å². The molecule has 2 rings (SSSR count). The van der Waals surface area contributed by atoms with Crippen molar-refractivity contribution in [1.29, 1.82) is 0 Å². The highest BCUT2D eigenvalue weighted by Gasteiger charge is 2.25. The van der Waals surface area contributed by atoms with E-state index in [-0.39, 0.29) is 0 Å². The van der Waals surface area contributed by atoms with Crippen molar-refractivity contribution in [3.8, 4) is 0 Å². The van der Waals surface area contributed by atoms with Crippen molar-refractivity contribution < 1.29 is 0 Å². The highest BCUT2D eigenvalue weighted by atomic mass is 35.5. The van der Waals surface area contributed by atoms with E-state index in [9.17, 15) is 0 Å². The van der Waals surface area contributed by atoms with E-state index < -0.39 is 0 Å². The Labute approximate surface area is 77.5 Å². The maximum atomic E-state index is 5.98. The molecule has 12 heavy (non-hydrogen) atoms. The maximum absolute atomic E-state index is 5.98. The van der Waals surface area contributed by atoms with Gasteiger partial charge in [-0.1, -0.05) is 25.4 Å². The summed E-state index contributed by atoms with van der Waals surface area (Å²) in [6.45, 7) is 4.28. The fourth-order valence-electron chi connectivity index (χ4n) is 1.30. The average molecular weight is 185 g/mol. The molecular formula is C9H13ClN2. The van der Waals surface area contributed by atoms with Crippen LogP contribution in [-0.2, 0) is 0 Å². The van der Waals surface area contributed by atoms with Crippen LogP contribution in [0.5, 0.6) is 0 Å². The zero-order valence-corrected chi connectivity index (χ0v) is 8.17. The normalized spacial score (nSPS) is 17.3. The number of hydrogen-bond donors (Lipinski definition) is 0.